The summed E-state index contributed by atoms with van der Waals surface area (Å²) in [6.07, 6.45) is -4.58. The molecule has 134 valence electrons. The van der Waals surface area contributed by atoms with Gasteiger partial charge in [0.2, 0.25) is 5.82 Å². The molecular formula is C18H15F3N4O. The van der Waals surface area contributed by atoms with Gasteiger partial charge in [-0.05, 0) is 24.3 Å². The highest BCUT2D eigenvalue weighted by Crippen LogP contribution is 2.32. The number of aliphatic hydroxyl groups is 1. The van der Waals surface area contributed by atoms with Crippen LogP contribution in [-0.4, -0.2) is 30.8 Å². The van der Waals surface area contributed by atoms with Gasteiger partial charge in [-0.15, -0.1) is 0 Å². The lowest BCUT2D eigenvalue weighted by Gasteiger charge is -2.13. The van der Waals surface area contributed by atoms with E-state index in [-0.39, 0.29) is 25.2 Å². The molecule has 5 nitrogen and oxygen atoms in total. The van der Waals surface area contributed by atoms with Crippen molar-refractivity contribution in [2.24, 2.45) is 0 Å². The fourth-order valence-corrected chi connectivity index (χ4v) is 3.19. The maximum Gasteiger partial charge on any atom is 0.449 e. The zero-order valence-corrected chi connectivity index (χ0v) is 13.6. The SMILES string of the molecule is OCCn1c(Cn2c(C(F)(F)F)nc3ccccc32)nc2ccccc21. The van der Waals surface area contributed by atoms with Crippen LogP contribution < -0.4 is 0 Å². The highest BCUT2D eigenvalue weighted by atomic mass is 19.4. The molecule has 0 aliphatic carbocycles. The van der Waals surface area contributed by atoms with E-state index < -0.39 is 12.0 Å². The van der Waals surface area contributed by atoms with E-state index in [4.69, 9.17) is 0 Å². The van der Waals surface area contributed by atoms with Crippen molar-refractivity contribution in [2.75, 3.05) is 6.61 Å². The van der Waals surface area contributed by atoms with Crippen LogP contribution in [0.5, 0.6) is 0 Å². The van der Waals surface area contributed by atoms with E-state index in [1.54, 1.807) is 34.9 Å². The Balaban J connectivity index is 1.90. The smallest absolute Gasteiger partial charge is 0.395 e. The van der Waals surface area contributed by atoms with Crippen molar-refractivity contribution in [1.82, 2.24) is 19.1 Å². The van der Waals surface area contributed by atoms with Gasteiger partial charge in [0.1, 0.15) is 5.82 Å². The van der Waals surface area contributed by atoms with Crippen LogP contribution >= 0.6 is 0 Å². The predicted octanol–water partition coefficient (Wildman–Crippen LogP) is 3.45. The Morgan fingerprint density at radius 2 is 1.42 bits per heavy atom. The van der Waals surface area contributed by atoms with Crippen LogP contribution in [0.15, 0.2) is 48.5 Å². The van der Waals surface area contributed by atoms with Crippen molar-refractivity contribution in [3.8, 4) is 0 Å². The summed E-state index contributed by atoms with van der Waals surface area (Å²) < 4.78 is 43.3. The summed E-state index contributed by atoms with van der Waals surface area (Å²) in [5, 5.41) is 9.36. The highest BCUT2D eigenvalue weighted by Gasteiger charge is 2.37. The van der Waals surface area contributed by atoms with Gasteiger partial charge in [-0.1, -0.05) is 24.3 Å². The number of alkyl halides is 3. The second kappa shape index (κ2) is 6.14. The molecule has 0 bridgehead atoms. The summed E-state index contributed by atoms with van der Waals surface area (Å²) in [6, 6.07) is 13.8. The molecule has 2 aromatic carbocycles. The Bertz CT molecular complexity index is 1080. The van der Waals surface area contributed by atoms with Crippen molar-refractivity contribution in [3.63, 3.8) is 0 Å². The first-order chi connectivity index (χ1) is 12.5. The third-order valence-electron chi connectivity index (χ3n) is 4.26. The van der Waals surface area contributed by atoms with Gasteiger partial charge in [-0.3, -0.25) is 0 Å². The summed E-state index contributed by atoms with van der Waals surface area (Å²) in [7, 11) is 0. The average molecular weight is 360 g/mol. The standard InChI is InChI=1S/C18H15F3N4O/c19-18(20,21)17-23-13-6-2-4-8-15(13)25(17)11-16-22-12-5-1-3-7-14(12)24(16)9-10-26/h1-8,26H,9-11H2. The molecule has 4 rings (SSSR count). The van der Waals surface area contributed by atoms with Gasteiger partial charge in [0.25, 0.3) is 0 Å². The Morgan fingerprint density at radius 3 is 2.04 bits per heavy atom. The number of nitrogens with zero attached hydrogens (tertiary/aromatic N) is 4. The van der Waals surface area contributed by atoms with Gasteiger partial charge in [-0.25, -0.2) is 9.97 Å². The largest absolute Gasteiger partial charge is 0.449 e. The van der Waals surface area contributed by atoms with E-state index in [0.717, 1.165) is 10.1 Å². The number of fused-ring (bicyclic) bond motifs is 2. The molecule has 8 heteroatoms. The Kier molecular flexibility index (Phi) is 3.91. The molecule has 2 aromatic heterocycles. The number of aliphatic hydroxyl groups excluding tert-OH is 1. The zero-order chi connectivity index (χ0) is 18.3. The van der Waals surface area contributed by atoms with Crippen LogP contribution in [0.2, 0.25) is 0 Å². The van der Waals surface area contributed by atoms with E-state index in [0.29, 0.717) is 16.9 Å². The topological polar surface area (TPSA) is 55.9 Å². The first-order valence-electron chi connectivity index (χ1n) is 8.06. The van der Waals surface area contributed by atoms with Gasteiger partial charge >= 0.3 is 6.18 Å². The lowest BCUT2D eigenvalue weighted by molar-refractivity contribution is -0.146. The summed E-state index contributed by atoms with van der Waals surface area (Å²) in [4.78, 5) is 8.23. The second-order valence-corrected chi connectivity index (χ2v) is 5.90. The molecular weight excluding hydrogens is 345 g/mol. The number of para-hydroxylation sites is 4. The third kappa shape index (κ3) is 2.72. The van der Waals surface area contributed by atoms with Gasteiger partial charge in [0.15, 0.2) is 0 Å². The average Bonchev–Trinajstić information content (AvgIpc) is 3.15. The predicted molar refractivity (Wildman–Crippen MR) is 90.7 cm³/mol. The number of imidazole rings is 2. The van der Waals surface area contributed by atoms with Crippen molar-refractivity contribution in [1.29, 1.82) is 0 Å². The molecule has 0 saturated carbocycles. The van der Waals surface area contributed by atoms with Gasteiger partial charge in [0.05, 0.1) is 35.2 Å². The van der Waals surface area contributed by atoms with Crippen molar-refractivity contribution >= 4 is 22.1 Å². The first-order valence-corrected chi connectivity index (χ1v) is 8.06. The molecule has 4 aromatic rings. The van der Waals surface area contributed by atoms with Gasteiger partial charge < -0.3 is 14.2 Å². The fraction of sp³-hybridized carbons (Fsp3) is 0.222. The van der Waals surface area contributed by atoms with Crippen LogP contribution in [0.25, 0.3) is 22.1 Å². The normalized spacial score (nSPS) is 12.3. The molecule has 0 spiro atoms. The monoisotopic (exact) mass is 360 g/mol. The molecule has 0 atom stereocenters. The Morgan fingerprint density at radius 1 is 0.846 bits per heavy atom. The molecule has 2 heterocycles. The summed E-state index contributed by atoms with van der Waals surface area (Å²) in [6.45, 7) is 0.0258. The Hall–Kier alpha value is -2.87. The zero-order valence-electron chi connectivity index (χ0n) is 13.6. The van der Waals surface area contributed by atoms with Gasteiger partial charge in [-0.2, -0.15) is 13.2 Å². The van der Waals surface area contributed by atoms with Crippen molar-refractivity contribution in [2.45, 2.75) is 19.3 Å². The van der Waals surface area contributed by atoms with E-state index in [1.165, 1.54) is 0 Å². The third-order valence-corrected chi connectivity index (χ3v) is 4.26. The van der Waals surface area contributed by atoms with Crippen LogP contribution in [-0.2, 0) is 19.3 Å². The minimum atomic E-state index is -4.58. The lowest BCUT2D eigenvalue weighted by Crippen LogP contribution is -2.18. The van der Waals surface area contributed by atoms with Crippen LogP contribution in [0.3, 0.4) is 0 Å². The number of benzene rings is 2. The van der Waals surface area contributed by atoms with E-state index in [2.05, 4.69) is 9.97 Å². The van der Waals surface area contributed by atoms with E-state index >= 15 is 0 Å². The molecule has 0 radical (unpaired) electrons. The van der Waals surface area contributed by atoms with Crippen LogP contribution in [0.4, 0.5) is 13.2 Å². The van der Waals surface area contributed by atoms with E-state index in [9.17, 15) is 18.3 Å². The van der Waals surface area contributed by atoms with E-state index in [1.807, 2.05) is 18.2 Å². The highest BCUT2D eigenvalue weighted by molar-refractivity contribution is 5.77. The maximum absolute atomic E-state index is 13.5. The molecule has 0 amide bonds. The van der Waals surface area contributed by atoms with Crippen molar-refractivity contribution < 1.29 is 18.3 Å². The fourth-order valence-electron chi connectivity index (χ4n) is 3.19. The number of rotatable bonds is 4. The number of hydrogen-bond donors (Lipinski definition) is 1. The quantitative estimate of drug-likeness (QED) is 0.607. The number of halogens is 3. The lowest BCUT2D eigenvalue weighted by atomic mass is 10.3. The minimum absolute atomic E-state index is 0.0932. The second-order valence-electron chi connectivity index (χ2n) is 5.90. The first kappa shape index (κ1) is 16.6. The van der Waals surface area contributed by atoms with Crippen LogP contribution in [0.1, 0.15) is 11.6 Å². The summed E-state index contributed by atoms with van der Waals surface area (Å²) in [5.41, 5.74) is 2.12. The number of aromatic nitrogens is 4. The van der Waals surface area contributed by atoms with Gasteiger partial charge in [0, 0.05) is 6.54 Å². The molecule has 0 aliphatic rings. The Labute approximate surface area is 146 Å². The molecule has 0 fully saturated rings. The molecule has 0 unspecified atom stereocenters. The number of hydrogen-bond acceptors (Lipinski definition) is 3. The summed E-state index contributed by atoms with van der Waals surface area (Å²) in [5.74, 6) is -0.518. The minimum Gasteiger partial charge on any atom is -0.395 e. The maximum atomic E-state index is 13.5. The summed E-state index contributed by atoms with van der Waals surface area (Å²) >= 11 is 0. The molecule has 0 saturated heterocycles. The molecule has 1 N–H and O–H groups in total. The van der Waals surface area contributed by atoms with Crippen molar-refractivity contribution in [3.05, 3.63) is 60.2 Å². The molecule has 26 heavy (non-hydrogen) atoms. The van der Waals surface area contributed by atoms with Crippen LogP contribution in [0, 0.1) is 0 Å². The molecule has 0 aliphatic heterocycles.